The number of hydrogen-bond acceptors (Lipinski definition) is 6. The van der Waals surface area contributed by atoms with Gasteiger partial charge in [0.25, 0.3) is 0 Å². The average Bonchev–Trinajstić information content (AvgIpc) is 3.43. The zero-order valence-corrected chi connectivity index (χ0v) is 18.3. The van der Waals surface area contributed by atoms with Crippen molar-refractivity contribution in [3.05, 3.63) is 59.8 Å². The van der Waals surface area contributed by atoms with Crippen molar-refractivity contribution in [1.82, 2.24) is 9.88 Å². The summed E-state index contributed by atoms with van der Waals surface area (Å²) in [5.74, 6) is 1.61. The van der Waals surface area contributed by atoms with Gasteiger partial charge in [0.1, 0.15) is 13.2 Å². The van der Waals surface area contributed by atoms with Crippen LogP contribution in [-0.2, 0) is 11.3 Å². The predicted octanol–water partition coefficient (Wildman–Crippen LogP) is 4.88. The number of rotatable bonds is 5. The second-order valence-electron chi connectivity index (χ2n) is 7.94. The second-order valence-corrected chi connectivity index (χ2v) is 8.97. The summed E-state index contributed by atoms with van der Waals surface area (Å²) < 4.78 is 11.5. The van der Waals surface area contributed by atoms with E-state index in [1.165, 1.54) is 35.8 Å². The number of anilines is 1. The number of amides is 1. The first kappa shape index (κ1) is 20.0. The van der Waals surface area contributed by atoms with Crippen LogP contribution in [0.15, 0.2) is 48.7 Å². The van der Waals surface area contributed by atoms with E-state index in [-0.39, 0.29) is 5.91 Å². The van der Waals surface area contributed by atoms with Gasteiger partial charge in [-0.2, -0.15) is 0 Å². The van der Waals surface area contributed by atoms with Gasteiger partial charge in [0.2, 0.25) is 5.91 Å². The highest BCUT2D eigenvalue weighted by atomic mass is 32.1. The zero-order valence-electron chi connectivity index (χ0n) is 17.5. The van der Waals surface area contributed by atoms with E-state index >= 15 is 0 Å². The number of nitrogens with one attached hydrogen (secondary N) is 1. The number of nitrogens with zero attached hydrogens (tertiary/aromatic N) is 2. The minimum atomic E-state index is -0.102. The molecular formula is C24H25N3O3S. The first-order valence-electron chi connectivity index (χ1n) is 10.6. The van der Waals surface area contributed by atoms with Crippen LogP contribution in [-0.4, -0.2) is 35.5 Å². The van der Waals surface area contributed by atoms with E-state index < -0.39 is 0 Å². The van der Waals surface area contributed by atoms with E-state index in [1.54, 1.807) is 0 Å². The Morgan fingerprint density at radius 1 is 1.16 bits per heavy atom. The first-order chi connectivity index (χ1) is 15.2. The van der Waals surface area contributed by atoms with Gasteiger partial charge >= 0.3 is 0 Å². The molecule has 1 amide bonds. The standard InChI is InChI=1S/C24H25N3O3S/c1-16(28)26-24-25-14-23(31-24)18-6-4-17(5-7-18)15-27-10-2-3-20(27)19-8-9-21-22(13-19)30-12-11-29-21/h4-9,13-14,20H,2-3,10-12,15H2,1H3,(H,25,26,28)/t20-/m0/s1. The number of carbonyl (C=O) groups excluding carboxylic acids is 1. The van der Waals surface area contributed by atoms with Crippen molar-refractivity contribution < 1.29 is 14.3 Å². The summed E-state index contributed by atoms with van der Waals surface area (Å²) >= 11 is 1.49. The number of aromatic nitrogens is 1. The normalized spacial score (nSPS) is 18.2. The number of likely N-dealkylation sites (tertiary alicyclic amines) is 1. The zero-order chi connectivity index (χ0) is 21.2. The summed E-state index contributed by atoms with van der Waals surface area (Å²) in [5.41, 5.74) is 3.70. The highest BCUT2D eigenvalue weighted by Crippen LogP contribution is 2.39. The van der Waals surface area contributed by atoms with Crippen molar-refractivity contribution in [2.24, 2.45) is 0 Å². The van der Waals surface area contributed by atoms with Crippen molar-refractivity contribution in [3.63, 3.8) is 0 Å². The summed E-state index contributed by atoms with van der Waals surface area (Å²) in [7, 11) is 0. The van der Waals surface area contributed by atoms with Crippen LogP contribution in [0.1, 0.15) is 36.9 Å². The molecule has 0 saturated carbocycles. The molecular weight excluding hydrogens is 410 g/mol. The third-order valence-electron chi connectivity index (χ3n) is 5.73. The fraction of sp³-hybridized carbons (Fsp3) is 0.333. The van der Waals surface area contributed by atoms with Crippen molar-refractivity contribution >= 4 is 22.4 Å². The molecule has 5 rings (SSSR count). The minimum absolute atomic E-state index is 0.102. The predicted molar refractivity (Wildman–Crippen MR) is 122 cm³/mol. The molecule has 1 saturated heterocycles. The van der Waals surface area contributed by atoms with Gasteiger partial charge in [0, 0.05) is 25.7 Å². The fourth-order valence-corrected chi connectivity index (χ4v) is 5.15. The Morgan fingerprint density at radius 3 is 2.77 bits per heavy atom. The molecule has 6 nitrogen and oxygen atoms in total. The Kier molecular flexibility index (Phi) is 5.61. The molecule has 0 unspecified atom stereocenters. The van der Waals surface area contributed by atoms with E-state index in [9.17, 15) is 4.79 Å². The van der Waals surface area contributed by atoms with Crippen LogP contribution in [0.3, 0.4) is 0 Å². The Labute approximate surface area is 185 Å². The summed E-state index contributed by atoms with van der Waals surface area (Å²) in [6.45, 7) is 4.73. The van der Waals surface area contributed by atoms with Crippen LogP contribution in [0.25, 0.3) is 10.4 Å². The highest BCUT2D eigenvalue weighted by molar-refractivity contribution is 7.19. The molecule has 7 heteroatoms. The summed E-state index contributed by atoms with van der Waals surface area (Å²) in [5, 5.41) is 3.37. The highest BCUT2D eigenvalue weighted by Gasteiger charge is 2.27. The molecule has 2 aliphatic heterocycles. The molecule has 2 aliphatic rings. The number of carbonyl (C=O) groups is 1. The maximum Gasteiger partial charge on any atom is 0.223 e. The maximum atomic E-state index is 11.2. The molecule has 31 heavy (non-hydrogen) atoms. The molecule has 2 aromatic carbocycles. The van der Waals surface area contributed by atoms with Crippen LogP contribution in [0.5, 0.6) is 11.5 Å². The molecule has 160 valence electrons. The van der Waals surface area contributed by atoms with Crippen LogP contribution < -0.4 is 14.8 Å². The summed E-state index contributed by atoms with van der Waals surface area (Å²) in [4.78, 5) is 19.1. The van der Waals surface area contributed by atoms with Crippen molar-refractivity contribution in [1.29, 1.82) is 0 Å². The molecule has 0 bridgehead atoms. The van der Waals surface area contributed by atoms with Crippen LogP contribution in [0.4, 0.5) is 5.13 Å². The molecule has 1 aromatic heterocycles. The number of benzene rings is 2. The Bertz CT molecular complexity index is 1080. The number of hydrogen-bond donors (Lipinski definition) is 1. The van der Waals surface area contributed by atoms with E-state index in [4.69, 9.17) is 9.47 Å². The van der Waals surface area contributed by atoms with Crippen LogP contribution in [0.2, 0.25) is 0 Å². The number of ether oxygens (including phenoxy) is 2. The molecule has 0 spiro atoms. The topological polar surface area (TPSA) is 63.7 Å². The minimum Gasteiger partial charge on any atom is -0.486 e. The molecule has 3 heterocycles. The monoisotopic (exact) mass is 435 g/mol. The van der Waals surface area contributed by atoms with Crippen LogP contribution >= 0.6 is 11.3 Å². The smallest absolute Gasteiger partial charge is 0.223 e. The first-order valence-corrected chi connectivity index (χ1v) is 11.4. The van der Waals surface area contributed by atoms with Crippen molar-refractivity contribution in [3.8, 4) is 21.9 Å². The lowest BCUT2D eigenvalue weighted by Gasteiger charge is -2.26. The largest absolute Gasteiger partial charge is 0.486 e. The summed E-state index contributed by atoms with van der Waals surface area (Å²) in [6.07, 6.45) is 4.16. The molecule has 0 aliphatic carbocycles. The Balaban J connectivity index is 1.28. The lowest BCUT2D eigenvalue weighted by atomic mass is 10.0. The van der Waals surface area contributed by atoms with Crippen molar-refractivity contribution in [2.75, 3.05) is 25.1 Å². The van der Waals surface area contributed by atoms with Crippen LogP contribution in [0, 0.1) is 0 Å². The van der Waals surface area contributed by atoms with E-state index in [1.807, 2.05) is 12.3 Å². The lowest BCUT2D eigenvalue weighted by Crippen LogP contribution is -2.23. The molecule has 0 radical (unpaired) electrons. The second kappa shape index (κ2) is 8.69. The van der Waals surface area contributed by atoms with E-state index in [0.717, 1.165) is 41.4 Å². The number of fused-ring (bicyclic) bond motifs is 1. The van der Waals surface area contributed by atoms with Gasteiger partial charge in [0.15, 0.2) is 16.6 Å². The summed E-state index contributed by atoms with van der Waals surface area (Å²) in [6, 6.07) is 15.4. The van der Waals surface area contributed by atoms with Gasteiger partial charge in [-0.3, -0.25) is 9.69 Å². The van der Waals surface area contributed by atoms with Gasteiger partial charge < -0.3 is 14.8 Å². The molecule has 1 N–H and O–H groups in total. The SMILES string of the molecule is CC(=O)Nc1ncc(-c2ccc(CN3CCC[C@H]3c3ccc4c(c3)OCCO4)cc2)s1. The lowest BCUT2D eigenvalue weighted by molar-refractivity contribution is -0.114. The third-order valence-corrected chi connectivity index (χ3v) is 6.69. The fourth-order valence-electron chi connectivity index (χ4n) is 4.28. The van der Waals surface area contributed by atoms with Gasteiger partial charge in [-0.25, -0.2) is 4.98 Å². The Hall–Kier alpha value is -2.90. The maximum absolute atomic E-state index is 11.2. The van der Waals surface area contributed by atoms with Gasteiger partial charge in [0.05, 0.1) is 4.88 Å². The average molecular weight is 436 g/mol. The Morgan fingerprint density at radius 2 is 1.97 bits per heavy atom. The van der Waals surface area contributed by atoms with E-state index in [0.29, 0.717) is 24.4 Å². The quantitative estimate of drug-likeness (QED) is 0.619. The van der Waals surface area contributed by atoms with E-state index in [2.05, 4.69) is 51.6 Å². The van der Waals surface area contributed by atoms with Crippen molar-refractivity contribution in [2.45, 2.75) is 32.4 Å². The molecule has 1 atom stereocenters. The van der Waals surface area contributed by atoms with Gasteiger partial charge in [-0.1, -0.05) is 41.7 Å². The van der Waals surface area contributed by atoms with Gasteiger partial charge in [-0.15, -0.1) is 0 Å². The molecule has 1 fully saturated rings. The van der Waals surface area contributed by atoms with Gasteiger partial charge in [-0.05, 0) is 48.2 Å². The molecule has 3 aromatic rings. The number of thiazole rings is 1. The third kappa shape index (κ3) is 4.43.